The van der Waals surface area contributed by atoms with E-state index in [1.54, 1.807) is 31.4 Å². The van der Waals surface area contributed by atoms with Crippen LogP contribution in [-0.2, 0) is 4.79 Å². The lowest BCUT2D eigenvalue weighted by Gasteiger charge is -2.35. The number of amides is 1. The Morgan fingerprint density at radius 3 is 2.60 bits per heavy atom. The highest BCUT2D eigenvalue weighted by Gasteiger charge is 2.23. The lowest BCUT2D eigenvalue weighted by atomic mass is 10.0. The number of piperidine rings is 1. The zero-order valence-electron chi connectivity index (χ0n) is 17.7. The highest BCUT2D eigenvalue weighted by molar-refractivity contribution is 5.98. The molecule has 3 rings (SSSR count). The molecule has 0 spiro atoms. The maximum absolute atomic E-state index is 12.4. The van der Waals surface area contributed by atoms with Gasteiger partial charge in [-0.25, -0.2) is 0 Å². The van der Waals surface area contributed by atoms with Gasteiger partial charge >= 0.3 is 0 Å². The topological polar surface area (TPSA) is 67.9 Å². The summed E-state index contributed by atoms with van der Waals surface area (Å²) in [6.07, 6.45) is 2.32. The van der Waals surface area contributed by atoms with Crippen molar-refractivity contribution in [1.29, 1.82) is 0 Å². The van der Waals surface area contributed by atoms with E-state index in [1.807, 2.05) is 31.2 Å². The largest absolute Gasteiger partial charge is 0.495 e. The first kappa shape index (κ1) is 21.7. The lowest BCUT2D eigenvalue weighted by Crippen LogP contribution is -2.48. The number of ether oxygens (including phenoxy) is 2. The fourth-order valence-electron chi connectivity index (χ4n) is 3.78. The van der Waals surface area contributed by atoms with Crippen molar-refractivity contribution in [3.63, 3.8) is 0 Å². The van der Waals surface area contributed by atoms with Gasteiger partial charge in [-0.3, -0.25) is 9.59 Å². The van der Waals surface area contributed by atoms with Crippen LogP contribution in [0.1, 0.15) is 43.0 Å². The predicted molar refractivity (Wildman–Crippen MR) is 118 cm³/mol. The number of methoxy groups -OCH3 is 1. The van der Waals surface area contributed by atoms with Crippen molar-refractivity contribution in [3.8, 4) is 11.5 Å². The molecule has 1 amide bonds. The Kier molecular flexibility index (Phi) is 7.71. The summed E-state index contributed by atoms with van der Waals surface area (Å²) in [6.45, 7) is 4.17. The zero-order valence-corrected chi connectivity index (χ0v) is 17.7. The summed E-state index contributed by atoms with van der Waals surface area (Å²) in [5.74, 6) is 1.46. The van der Waals surface area contributed by atoms with E-state index in [0.29, 0.717) is 12.2 Å². The van der Waals surface area contributed by atoms with Gasteiger partial charge in [-0.1, -0.05) is 12.1 Å². The average Bonchev–Trinajstić information content (AvgIpc) is 2.78. The van der Waals surface area contributed by atoms with Crippen molar-refractivity contribution in [2.45, 2.75) is 38.6 Å². The number of rotatable bonds is 9. The Hall–Kier alpha value is -3.02. The number of ketones is 1. The van der Waals surface area contributed by atoms with Crippen molar-refractivity contribution in [3.05, 3.63) is 54.1 Å². The number of Topliss-reactive ketones (excluding diaryl/α,β-unsaturated/α-hetero) is 1. The molecule has 1 aliphatic heterocycles. The molecule has 2 aromatic carbocycles. The normalized spacial score (nSPS) is 16.1. The molecule has 2 aromatic rings. The van der Waals surface area contributed by atoms with Crippen LogP contribution in [0.4, 0.5) is 5.69 Å². The van der Waals surface area contributed by atoms with Crippen LogP contribution in [0.3, 0.4) is 0 Å². The van der Waals surface area contributed by atoms with E-state index >= 15 is 0 Å². The average molecular weight is 411 g/mol. The predicted octanol–water partition coefficient (Wildman–Crippen LogP) is 3.84. The van der Waals surface area contributed by atoms with Crippen LogP contribution in [0.25, 0.3) is 0 Å². The minimum Gasteiger partial charge on any atom is -0.495 e. The fourth-order valence-corrected chi connectivity index (χ4v) is 3.78. The third kappa shape index (κ3) is 5.75. The van der Waals surface area contributed by atoms with Gasteiger partial charge in [0.1, 0.15) is 11.5 Å². The molecule has 1 heterocycles. The van der Waals surface area contributed by atoms with Crippen molar-refractivity contribution >= 4 is 17.4 Å². The van der Waals surface area contributed by atoms with E-state index in [-0.39, 0.29) is 30.6 Å². The van der Waals surface area contributed by atoms with Crippen molar-refractivity contribution in [2.24, 2.45) is 0 Å². The number of hydrogen-bond donors (Lipinski definition) is 1. The van der Waals surface area contributed by atoms with Gasteiger partial charge < -0.3 is 19.7 Å². The van der Waals surface area contributed by atoms with Crippen molar-refractivity contribution in [2.75, 3.05) is 31.7 Å². The van der Waals surface area contributed by atoms with Crippen LogP contribution in [0.15, 0.2) is 48.5 Å². The van der Waals surface area contributed by atoms with E-state index < -0.39 is 0 Å². The SMILES string of the molecule is CCOc1ccc(C(=O)CCC(=O)NC2CCCN(c3ccccc3OC)C2)cc1. The van der Waals surface area contributed by atoms with Gasteiger partial charge in [0, 0.05) is 37.5 Å². The molecule has 1 aliphatic rings. The molecule has 6 heteroatoms. The molecular formula is C24H30N2O4. The molecule has 0 aromatic heterocycles. The van der Waals surface area contributed by atoms with Crippen LogP contribution in [-0.4, -0.2) is 44.5 Å². The Morgan fingerprint density at radius 2 is 1.87 bits per heavy atom. The van der Waals surface area contributed by atoms with Gasteiger partial charge in [-0.2, -0.15) is 0 Å². The Morgan fingerprint density at radius 1 is 1.10 bits per heavy atom. The molecule has 160 valence electrons. The van der Waals surface area contributed by atoms with Gasteiger partial charge in [0.05, 0.1) is 19.4 Å². The minimum atomic E-state index is -0.0823. The van der Waals surface area contributed by atoms with Gasteiger partial charge in [0.2, 0.25) is 5.91 Å². The second-order valence-electron chi connectivity index (χ2n) is 7.41. The molecule has 1 atom stereocenters. The molecule has 1 saturated heterocycles. The fraction of sp³-hybridized carbons (Fsp3) is 0.417. The smallest absolute Gasteiger partial charge is 0.220 e. The number of carbonyl (C=O) groups excluding carboxylic acids is 2. The van der Waals surface area contributed by atoms with E-state index in [9.17, 15) is 9.59 Å². The van der Waals surface area contributed by atoms with E-state index in [2.05, 4.69) is 10.2 Å². The summed E-state index contributed by atoms with van der Waals surface area (Å²) in [7, 11) is 1.67. The standard InChI is InChI=1S/C24H30N2O4/c1-3-30-20-12-10-18(11-13-20)22(27)14-15-24(28)25-19-7-6-16-26(17-19)21-8-4-5-9-23(21)29-2/h4-5,8-13,19H,3,6-7,14-17H2,1-2H3,(H,25,28). The van der Waals surface area contributed by atoms with Crippen molar-refractivity contribution < 1.29 is 19.1 Å². The van der Waals surface area contributed by atoms with Gasteiger partial charge in [0.25, 0.3) is 0 Å². The van der Waals surface area contributed by atoms with Crippen LogP contribution in [0.5, 0.6) is 11.5 Å². The third-order valence-corrected chi connectivity index (χ3v) is 5.28. The summed E-state index contributed by atoms with van der Waals surface area (Å²) in [4.78, 5) is 27.0. The van der Waals surface area contributed by atoms with Crippen LogP contribution >= 0.6 is 0 Å². The monoisotopic (exact) mass is 410 g/mol. The van der Waals surface area contributed by atoms with E-state index in [0.717, 1.165) is 43.1 Å². The number of hydrogen-bond acceptors (Lipinski definition) is 5. The summed E-state index contributed by atoms with van der Waals surface area (Å²) < 4.78 is 10.9. The quantitative estimate of drug-likeness (QED) is 0.636. The highest BCUT2D eigenvalue weighted by Crippen LogP contribution is 2.29. The summed E-state index contributed by atoms with van der Waals surface area (Å²) in [6, 6.07) is 15.1. The summed E-state index contributed by atoms with van der Waals surface area (Å²) in [5.41, 5.74) is 1.65. The molecule has 1 unspecified atom stereocenters. The van der Waals surface area contributed by atoms with Crippen LogP contribution < -0.4 is 19.7 Å². The van der Waals surface area contributed by atoms with Crippen LogP contribution in [0, 0.1) is 0 Å². The Balaban J connectivity index is 1.49. The summed E-state index contributed by atoms with van der Waals surface area (Å²) in [5, 5.41) is 3.10. The number of para-hydroxylation sites is 2. The van der Waals surface area contributed by atoms with Gasteiger partial charge in [0.15, 0.2) is 5.78 Å². The lowest BCUT2D eigenvalue weighted by molar-refractivity contribution is -0.121. The molecule has 0 radical (unpaired) electrons. The van der Waals surface area contributed by atoms with Gasteiger partial charge in [-0.05, 0) is 56.2 Å². The second-order valence-corrected chi connectivity index (χ2v) is 7.41. The highest BCUT2D eigenvalue weighted by atomic mass is 16.5. The second kappa shape index (κ2) is 10.7. The van der Waals surface area contributed by atoms with Gasteiger partial charge in [-0.15, -0.1) is 0 Å². The first-order valence-electron chi connectivity index (χ1n) is 10.5. The Labute approximate surface area is 178 Å². The number of nitrogens with one attached hydrogen (secondary N) is 1. The molecule has 30 heavy (non-hydrogen) atoms. The van der Waals surface area contributed by atoms with E-state index in [1.165, 1.54) is 0 Å². The molecule has 0 bridgehead atoms. The van der Waals surface area contributed by atoms with Crippen molar-refractivity contribution in [1.82, 2.24) is 5.32 Å². The number of nitrogens with zero attached hydrogens (tertiary/aromatic N) is 1. The molecular weight excluding hydrogens is 380 g/mol. The molecule has 0 aliphatic carbocycles. The maximum atomic E-state index is 12.4. The summed E-state index contributed by atoms with van der Waals surface area (Å²) >= 11 is 0. The first-order chi connectivity index (χ1) is 14.6. The minimum absolute atomic E-state index is 0.0347. The molecule has 1 N–H and O–H groups in total. The number of anilines is 1. The number of carbonyl (C=O) groups is 2. The molecule has 0 saturated carbocycles. The number of benzene rings is 2. The first-order valence-corrected chi connectivity index (χ1v) is 10.5. The zero-order chi connectivity index (χ0) is 21.3. The third-order valence-electron chi connectivity index (χ3n) is 5.28. The maximum Gasteiger partial charge on any atom is 0.220 e. The van der Waals surface area contributed by atoms with E-state index in [4.69, 9.17) is 9.47 Å². The van der Waals surface area contributed by atoms with Crippen LogP contribution in [0.2, 0.25) is 0 Å². The Bertz CT molecular complexity index is 851. The molecule has 1 fully saturated rings. The molecule has 6 nitrogen and oxygen atoms in total.